The number of carbonyl (C=O) groups excluding carboxylic acids is 1. The van der Waals surface area contributed by atoms with Crippen molar-refractivity contribution in [2.24, 2.45) is 22.4 Å². The number of nitrogens with two attached hydrogens (primary N) is 2. The molecule has 18 heavy (non-hydrogen) atoms. The molecule has 4 N–H and O–H groups in total. The number of nitrogens with zero attached hydrogens (tertiary/aromatic N) is 1. The van der Waals surface area contributed by atoms with Gasteiger partial charge in [-0.3, -0.25) is 4.79 Å². The fourth-order valence-electron chi connectivity index (χ4n) is 2.90. The monoisotopic (exact) mass is 247 g/mol. The van der Waals surface area contributed by atoms with E-state index in [1.54, 1.807) is 11.1 Å². The van der Waals surface area contributed by atoms with E-state index in [4.69, 9.17) is 11.5 Å². The Balaban J connectivity index is 1.93. The predicted molar refractivity (Wildman–Crippen MR) is 72.8 cm³/mol. The van der Waals surface area contributed by atoms with Crippen molar-refractivity contribution in [1.82, 2.24) is 0 Å². The Morgan fingerprint density at radius 1 is 1.17 bits per heavy atom. The first-order valence-corrected chi connectivity index (χ1v) is 6.66. The molecule has 0 aromatic heterocycles. The molecule has 0 heterocycles. The molecule has 2 aliphatic carbocycles. The summed E-state index contributed by atoms with van der Waals surface area (Å²) in [5.74, 6) is -0.0658. The molecular weight excluding hydrogens is 226 g/mol. The number of hydrogen-bond acceptors (Lipinski definition) is 1. The largest absolute Gasteiger partial charge is 0.370 e. The van der Waals surface area contributed by atoms with Gasteiger partial charge in [0.15, 0.2) is 5.96 Å². The maximum atomic E-state index is 11.3. The van der Waals surface area contributed by atoms with Crippen LogP contribution in [-0.4, -0.2) is 11.9 Å². The fraction of sp³-hybridized carbons (Fsp3) is 0.571. The van der Waals surface area contributed by atoms with Gasteiger partial charge in [-0.25, -0.2) is 0 Å². The summed E-state index contributed by atoms with van der Waals surface area (Å²) in [6, 6.07) is 0. The van der Waals surface area contributed by atoms with Crippen LogP contribution in [0.3, 0.4) is 0 Å². The lowest BCUT2D eigenvalue weighted by atomic mass is 9.77. The van der Waals surface area contributed by atoms with Crippen molar-refractivity contribution in [2.45, 2.75) is 44.9 Å². The van der Waals surface area contributed by atoms with Gasteiger partial charge in [-0.05, 0) is 50.9 Å². The van der Waals surface area contributed by atoms with Crippen LogP contribution in [0.1, 0.15) is 44.9 Å². The SMILES string of the molecule is NC(N)=NC(=O)/C=C/C1CCC2=C(CCCC2)C1. The Kier molecular flexibility index (Phi) is 4.18. The number of carbonyl (C=O) groups is 1. The second kappa shape index (κ2) is 5.85. The third-order valence-corrected chi connectivity index (χ3v) is 3.78. The lowest BCUT2D eigenvalue weighted by Crippen LogP contribution is -2.23. The van der Waals surface area contributed by atoms with Crippen molar-refractivity contribution in [2.75, 3.05) is 0 Å². The van der Waals surface area contributed by atoms with E-state index in [-0.39, 0.29) is 11.9 Å². The molecule has 0 saturated carbocycles. The van der Waals surface area contributed by atoms with Gasteiger partial charge in [-0.1, -0.05) is 17.2 Å². The minimum Gasteiger partial charge on any atom is -0.370 e. The summed E-state index contributed by atoms with van der Waals surface area (Å²) in [4.78, 5) is 14.8. The molecule has 1 unspecified atom stereocenters. The average molecular weight is 247 g/mol. The van der Waals surface area contributed by atoms with Gasteiger partial charge in [0, 0.05) is 6.08 Å². The third kappa shape index (κ3) is 3.45. The van der Waals surface area contributed by atoms with Crippen molar-refractivity contribution in [1.29, 1.82) is 0 Å². The predicted octanol–water partition coefficient (Wildman–Crippen LogP) is 2.01. The molecule has 2 aliphatic rings. The topological polar surface area (TPSA) is 81.5 Å². The molecule has 0 aromatic carbocycles. The van der Waals surface area contributed by atoms with Crippen LogP contribution in [0, 0.1) is 5.92 Å². The van der Waals surface area contributed by atoms with E-state index in [0.29, 0.717) is 5.92 Å². The van der Waals surface area contributed by atoms with Crippen LogP contribution in [-0.2, 0) is 4.79 Å². The molecular formula is C14H21N3O. The highest BCUT2D eigenvalue weighted by atomic mass is 16.1. The summed E-state index contributed by atoms with van der Waals surface area (Å²) in [5, 5.41) is 0. The Morgan fingerprint density at radius 2 is 1.89 bits per heavy atom. The molecule has 4 heteroatoms. The molecule has 0 saturated heterocycles. The van der Waals surface area contributed by atoms with Gasteiger partial charge in [-0.15, -0.1) is 0 Å². The molecule has 0 aliphatic heterocycles. The highest BCUT2D eigenvalue weighted by Gasteiger charge is 2.21. The first kappa shape index (κ1) is 12.9. The van der Waals surface area contributed by atoms with Crippen molar-refractivity contribution < 1.29 is 4.79 Å². The quantitative estimate of drug-likeness (QED) is 0.339. The van der Waals surface area contributed by atoms with Crippen molar-refractivity contribution >= 4 is 11.9 Å². The Bertz CT molecular complexity index is 417. The third-order valence-electron chi connectivity index (χ3n) is 3.78. The second-order valence-electron chi connectivity index (χ2n) is 5.15. The first-order valence-electron chi connectivity index (χ1n) is 6.66. The number of aliphatic imine (C=N–C) groups is 1. The molecule has 98 valence electrons. The lowest BCUT2D eigenvalue weighted by molar-refractivity contribution is -0.113. The number of allylic oxidation sites excluding steroid dienone is 3. The molecule has 4 nitrogen and oxygen atoms in total. The highest BCUT2D eigenvalue weighted by Crippen LogP contribution is 2.38. The van der Waals surface area contributed by atoms with Crippen LogP contribution in [0.5, 0.6) is 0 Å². The van der Waals surface area contributed by atoms with E-state index >= 15 is 0 Å². The lowest BCUT2D eigenvalue weighted by Gasteiger charge is -2.28. The van der Waals surface area contributed by atoms with E-state index < -0.39 is 0 Å². The van der Waals surface area contributed by atoms with Crippen LogP contribution in [0.2, 0.25) is 0 Å². The summed E-state index contributed by atoms with van der Waals surface area (Å²) in [6.07, 6.45) is 12.1. The van der Waals surface area contributed by atoms with Gasteiger partial charge >= 0.3 is 0 Å². The molecule has 0 radical (unpaired) electrons. The molecule has 2 rings (SSSR count). The highest BCUT2D eigenvalue weighted by molar-refractivity contribution is 5.97. The molecule has 1 amide bonds. The smallest absolute Gasteiger partial charge is 0.272 e. The van der Waals surface area contributed by atoms with Gasteiger partial charge < -0.3 is 11.5 Å². The summed E-state index contributed by atoms with van der Waals surface area (Å²) in [7, 11) is 0. The zero-order valence-corrected chi connectivity index (χ0v) is 10.7. The summed E-state index contributed by atoms with van der Waals surface area (Å²) < 4.78 is 0. The average Bonchev–Trinajstić information content (AvgIpc) is 2.35. The number of rotatable bonds is 2. The van der Waals surface area contributed by atoms with Gasteiger partial charge in [0.05, 0.1) is 0 Å². The Morgan fingerprint density at radius 3 is 2.61 bits per heavy atom. The van der Waals surface area contributed by atoms with Crippen LogP contribution in [0.4, 0.5) is 0 Å². The van der Waals surface area contributed by atoms with Crippen LogP contribution >= 0.6 is 0 Å². The van der Waals surface area contributed by atoms with Crippen molar-refractivity contribution in [3.8, 4) is 0 Å². The summed E-state index contributed by atoms with van der Waals surface area (Å²) in [5.41, 5.74) is 13.6. The van der Waals surface area contributed by atoms with Crippen LogP contribution in [0.25, 0.3) is 0 Å². The number of guanidine groups is 1. The number of hydrogen-bond donors (Lipinski definition) is 2. The molecule has 0 spiro atoms. The molecule has 0 fully saturated rings. The van der Waals surface area contributed by atoms with Crippen LogP contribution < -0.4 is 11.5 Å². The van der Waals surface area contributed by atoms with Crippen LogP contribution in [0.15, 0.2) is 28.3 Å². The van der Waals surface area contributed by atoms with Gasteiger partial charge in [0.2, 0.25) is 0 Å². The summed E-state index contributed by atoms with van der Waals surface area (Å²) >= 11 is 0. The minimum absolute atomic E-state index is 0.175. The van der Waals surface area contributed by atoms with E-state index in [9.17, 15) is 4.79 Å². The van der Waals surface area contributed by atoms with Crippen molar-refractivity contribution in [3.05, 3.63) is 23.3 Å². The van der Waals surface area contributed by atoms with E-state index in [0.717, 1.165) is 12.8 Å². The van der Waals surface area contributed by atoms with Gasteiger partial charge in [0.25, 0.3) is 5.91 Å². The minimum atomic E-state index is -0.363. The Labute approximate surface area is 108 Å². The molecule has 0 aromatic rings. The van der Waals surface area contributed by atoms with E-state index in [1.165, 1.54) is 38.2 Å². The maximum absolute atomic E-state index is 11.3. The fourth-order valence-corrected chi connectivity index (χ4v) is 2.90. The van der Waals surface area contributed by atoms with Gasteiger partial charge in [-0.2, -0.15) is 4.99 Å². The first-order chi connectivity index (χ1) is 8.65. The standard InChI is InChI=1S/C14H21N3O/c15-14(16)17-13(18)8-6-10-5-7-11-3-1-2-4-12(11)9-10/h6,8,10H,1-5,7,9H2,(H4,15,16,17,18)/b8-6+. The summed E-state index contributed by atoms with van der Waals surface area (Å²) in [6.45, 7) is 0. The van der Waals surface area contributed by atoms with Gasteiger partial charge in [0.1, 0.15) is 0 Å². The van der Waals surface area contributed by atoms with Crippen molar-refractivity contribution in [3.63, 3.8) is 0 Å². The zero-order valence-electron chi connectivity index (χ0n) is 10.7. The Hall–Kier alpha value is -1.58. The molecule has 0 bridgehead atoms. The van der Waals surface area contributed by atoms with E-state index in [1.807, 2.05) is 6.08 Å². The van der Waals surface area contributed by atoms with E-state index in [2.05, 4.69) is 4.99 Å². The number of amides is 1. The maximum Gasteiger partial charge on any atom is 0.272 e. The normalized spacial score (nSPS) is 23.9. The zero-order chi connectivity index (χ0) is 13.0. The second-order valence-corrected chi connectivity index (χ2v) is 5.15. The molecule has 1 atom stereocenters.